The monoisotopic (exact) mass is 176 g/mol. The van der Waals surface area contributed by atoms with Crippen molar-refractivity contribution in [2.75, 3.05) is 0 Å². The van der Waals surface area contributed by atoms with E-state index in [1.165, 1.54) is 11.1 Å². The van der Waals surface area contributed by atoms with Crippen LogP contribution in [0.5, 0.6) is 0 Å². The highest BCUT2D eigenvalue weighted by Gasteiger charge is 1.98. The van der Waals surface area contributed by atoms with E-state index < -0.39 is 0 Å². The number of aryl methyl sites for hydroxylation is 1. The smallest absolute Gasteiger partial charge is 0.0930 e. The van der Waals surface area contributed by atoms with Crippen molar-refractivity contribution < 1.29 is 4.84 Å². The summed E-state index contributed by atoms with van der Waals surface area (Å²) in [5.41, 5.74) is 3.38. The summed E-state index contributed by atoms with van der Waals surface area (Å²) in [6, 6.07) is 8.24. The van der Waals surface area contributed by atoms with Gasteiger partial charge in [-0.05, 0) is 30.0 Å². The summed E-state index contributed by atoms with van der Waals surface area (Å²) in [5, 5.41) is 1.22. The van der Waals surface area contributed by atoms with Crippen LogP contribution in [0, 0.1) is 6.92 Å². The Kier molecular flexibility index (Phi) is 2.04. The van der Waals surface area contributed by atoms with Gasteiger partial charge in [-0.15, -0.1) is 0 Å². The zero-order chi connectivity index (χ0) is 9.26. The number of nitrogens with one attached hydrogen (secondary N) is 1. The van der Waals surface area contributed by atoms with Gasteiger partial charge in [0.2, 0.25) is 0 Å². The van der Waals surface area contributed by atoms with E-state index in [2.05, 4.69) is 28.0 Å². The van der Waals surface area contributed by atoms with Crippen molar-refractivity contribution in [2.24, 2.45) is 5.90 Å². The molecule has 0 amide bonds. The molecule has 3 heteroatoms. The first-order valence-electron chi connectivity index (χ1n) is 4.19. The van der Waals surface area contributed by atoms with Crippen molar-refractivity contribution in [2.45, 2.75) is 13.5 Å². The van der Waals surface area contributed by atoms with E-state index in [0.717, 1.165) is 11.1 Å². The van der Waals surface area contributed by atoms with E-state index >= 15 is 0 Å². The van der Waals surface area contributed by atoms with Gasteiger partial charge in [-0.25, -0.2) is 5.90 Å². The molecule has 0 radical (unpaired) electrons. The van der Waals surface area contributed by atoms with Crippen molar-refractivity contribution in [3.8, 4) is 0 Å². The maximum atomic E-state index is 5.00. The Morgan fingerprint density at radius 1 is 1.38 bits per heavy atom. The zero-order valence-electron chi connectivity index (χ0n) is 7.50. The molecule has 1 aromatic carbocycles. The molecule has 0 bridgehead atoms. The summed E-state index contributed by atoms with van der Waals surface area (Å²) >= 11 is 0. The van der Waals surface area contributed by atoms with Crippen LogP contribution >= 0.6 is 0 Å². The fourth-order valence-electron chi connectivity index (χ4n) is 1.51. The molecule has 3 N–H and O–H groups in total. The van der Waals surface area contributed by atoms with Crippen LogP contribution in [0.2, 0.25) is 0 Å². The molecule has 2 rings (SSSR count). The van der Waals surface area contributed by atoms with E-state index in [1.54, 1.807) is 0 Å². The Hall–Kier alpha value is -1.32. The minimum absolute atomic E-state index is 0.452. The first-order valence-corrected chi connectivity index (χ1v) is 4.19. The fourth-order valence-corrected chi connectivity index (χ4v) is 1.51. The Morgan fingerprint density at radius 2 is 2.23 bits per heavy atom. The maximum absolute atomic E-state index is 5.00. The third-order valence-electron chi connectivity index (χ3n) is 2.07. The van der Waals surface area contributed by atoms with E-state index in [0.29, 0.717) is 6.61 Å². The van der Waals surface area contributed by atoms with Crippen LogP contribution in [0.1, 0.15) is 11.3 Å². The molecule has 0 aliphatic carbocycles. The number of benzene rings is 1. The number of hydrogen-bond donors (Lipinski definition) is 2. The number of rotatable bonds is 2. The molecule has 0 unspecified atom stereocenters. The van der Waals surface area contributed by atoms with E-state index in [9.17, 15) is 0 Å². The predicted octanol–water partition coefficient (Wildman–Crippen LogP) is 1.87. The third-order valence-corrected chi connectivity index (χ3v) is 2.07. The van der Waals surface area contributed by atoms with E-state index in [1.807, 2.05) is 13.0 Å². The maximum Gasteiger partial charge on any atom is 0.0930 e. The molecule has 1 heterocycles. The van der Waals surface area contributed by atoms with Gasteiger partial charge >= 0.3 is 0 Å². The summed E-state index contributed by atoms with van der Waals surface area (Å²) < 4.78 is 0. The second-order valence-electron chi connectivity index (χ2n) is 3.18. The number of H-pyrrole nitrogens is 1. The van der Waals surface area contributed by atoms with Crippen molar-refractivity contribution in [1.29, 1.82) is 0 Å². The average molecular weight is 176 g/mol. The minimum atomic E-state index is 0.452. The van der Waals surface area contributed by atoms with Gasteiger partial charge < -0.3 is 4.98 Å². The lowest BCUT2D eigenvalue weighted by Crippen LogP contribution is -1.98. The molecule has 0 spiro atoms. The van der Waals surface area contributed by atoms with Crippen LogP contribution in [0.3, 0.4) is 0 Å². The van der Waals surface area contributed by atoms with E-state index in [4.69, 9.17) is 5.90 Å². The molecule has 13 heavy (non-hydrogen) atoms. The Balaban J connectivity index is 2.48. The van der Waals surface area contributed by atoms with Gasteiger partial charge in [0, 0.05) is 11.2 Å². The highest BCUT2D eigenvalue weighted by molar-refractivity contribution is 5.80. The van der Waals surface area contributed by atoms with Crippen LogP contribution in [-0.2, 0) is 11.4 Å². The Bertz CT molecular complexity index is 420. The first-order chi connectivity index (χ1) is 6.29. The molecular formula is C10H12N2O. The SMILES string of the molecule is Cc1cc2ccc(CON)cc2[nH]1. The van der Waals surface area contributed by atoms with Crippen LogP contribution in [-0.4, -0.2) is 4.98 Å². The molecule has 68 valence electrons. The molecule has 2 aromatic rings. The van der Waals surface area contributed by atoms with Crippen LogP contribution < -0.4 is 5.90 Å². The molecule has 0 atom stereocenters. The molecule has 0 saturated carbocycles. The van der Waals surface area contributed by atoms with Crippen molar-refractivity contribution in [1.82, 2.24) is 4.98 Å². The standard InChI is InChI=1S/C10H12N2O/c1-7-4-9-3-2-8(6-13-11)5-10(9)12-7/h2-5,12H,6,11H2,1H3. The molecule has 3 nitrogen and oxygen atoms in total. The Morgan fingerprint density at radius 3 is 3.00 bits per heavy atom. The summed E-state index contributed by atoms with van der Waals surface area (Å²) in [6.07, 6.45) is 0. The highest BCUT2D eigenvalue weighted by Crippen LogP contribution is 2.16. The van der Waals surface area contributed by atoms with Crippen molar-refractivity contribution in [3.05, 3.63) is 35.5 Å². The van der Waals surface area contributed by atoms with Gasteiger partial charge in [-0.3, -0.25) is 4.84 Å². The second kappa shape index (κ2) is 3.20. The lowest BCUT2D eigenvalue weighted by Gasteiger charge is -1.98. The Labute approximate surface area is 76.5 Å². The van der Waals surface area contributed by atoms with Crippen LogP contribution in [0.25, 0.3) is 10.9 Å². The molecule has 0 fully saturated rings. The molecule has 0 aliphatic heterocycles. The minimum Gasteiger partial charge on any atom is -0.359 e. The normalized spacial score (nSPS) is 10.9. The first kappa shape index (κ1) is 8.29. The number of nitrogens with two attached hydrogens (primary N) is 1. The second-order valence-corrected chi connectivity index (χ2v) is 3.18. The predicted molar refractivity (Wildman–Crippen MR) is 52.0 cm³/mol. The average Bonchev–Trinajstić information content (AvgIpc) is 2.44. The summed E-state index contributed by atoms with van der Waals surface area (Å²) in [4.78, 5) is 7.83. The van der Waals surface area contributed by atoms with Gasteiger partial charge in [0.15, 0.2) is 0 Å². The van der Waals surface area contributed by atoms with Crippen LogP contribution in [0.4, 0.5) is 0 Å². The number of aromatic nitrogens is 1. The number of aromatic amines is 1. The topological polar surface area (TPSA) is 51.0 Å². The molecular weight excluding hydrogens is 164 g/mol. The van der Waals surface area contributed by atoms with Gasteiger partial charge in [0.25, 0.3) is 0 Å². The zero-order valence-corrected chi connectivity index (χ0v) is 7.50. The van der Waals surface area contributed by atoms with Gasteiger partial charge in [0.05, 0.1) is 6.61 Å². The highest BCUT2D eigenvalue weighted by atomic mass is 16.6. The number of fused-ring (bicyclic) bond motifs is 1. The van der Waals surface area contributed by atoms with Crippen LogP contribution in [0.15, 0.2) is 24.3 Å². The largest absolute Gasteiger partial charge is 0.359 e. The lowest BCUT2D eigenvalue weighted by molar-refractivity contribution is 0.124. The quantitative estimate of drug-likeness (QED) is 0.686. The van der Waals surface area contributed by atoms with E-state index in [-0.39, 0.29) is 0 Å². The van der Waals surface area contributed by atoms with Gasteiger partial charge in [-0.2, -0.15) is 0 Å². The van der Waals surface area contributed by atoms with Gasteiger partial charge in [-0.1, -0.05) is 12.1 Å². The number of hydrogen-bond acceptors (Lipinski definition) is 2. The summed E-state index contributed by atoms with van der Waals surface area (Å²) in [6.45, 7) is 2.49. The lowest BCUT2D eigenvalue weighted by atomic mass is 10.2. The van der Waals surface area contributed by atoms with Gasteiger partial charge in [0.1, 0.15) is 0 Å². The molecule has 1 aromatic heterocycles. The fraction of sp³-hybridized carbons (Fsp3) is 0.200. The van der Waals surface area contributed by atoms with Crippen molar-refractivity contribution >= 4 is 10.9 Å². The molecule has 0 saturated heterocycles. The third kappa shape index (κ3) is 1.56. The van der Waals surface area contributed by atoms with Crippen molar-refractivity contribution in [3.63, 3.8) is 0 Å². The summed E-state index contributed by atoms with van der Waals surface area (Å²) in [7, 11) is 0. The summed E-state index contributed by atoms with van der Waals surface area (Å²) in [5.74, 6) is 5.00. The molecule has 0 aliphatic rings.